The number of alkyl halides is 1. The second-order valence-electron chi connectivity index (χ2n) is 8.89. The highest BCUT2D eigenvalue weighted by atomic mass is 35.5. The third kappa shape index (κ3) is 4.64. The summed E-state index contributed by atoms with van der Waals surface area (Å²) in [5, 5.41) is 0.939. The third-order valence-electron chi connectivity index (χ3n) is 5.28. The second-order valence-corrected chi connectivity index (χ2v) is 9.30. The molecule has 1 saturated heterocycles. The number of ketones is 1. The van der Waals surface area contributed by atoms with Crippen molar-refractivity contribution < 1.29 is 13.6 Å². The fraction of sp³-hybridized carbons (Fsp3) is 0.571. The van der Waals surface area contributed by atoms with Crippen molar-refractivity contribution in [3.05, 3.63) is 29.0 Å². The molecule has 4 nitrogen and oxygen atoms in total. The van der Waals surface area contributed by atoms with Crippen LogP contribution in [0.4, 0.5) is 10.1 Å². The summed E-state index contributed by atoms with van der Waals surface area (Å²) in [5.74, 6) is -0.161. The minimum Gasteiger partial charge on any atom is -0.463 e. The van der Waals surface area contributed by atoms with E-state index in [-0.39, 0.29) is 24.0 Å². The van der Waals surface area contributed by atoms with Crippen LogP contribution < -0.4 is 5.73 Å². The van der Waals surface area contributed by atoms with Crippen molar-refractivity contribution in [1.82, 2.24) is 4.90 Å². The first kappa shape index (κ1) is 20.2. The zero-order valence-corrected chi connectivity index (χ0v) is 17.0. The van der Waals surface area contributed by atoms with Gasteiger partial charge < -0.3 is 15.1 Å². The Kier molecular flexibility index (Phi) is 5.55. The Hall–Kier alpha value is -1.59. The summed E-state index contributed by atoms with van der Waals surface area (Å²) in [6.07, 6.45) is 2.77. The molecule has 27 heavy (non-hydrogen) atoms. The molecule has 0 radical (unpaired) electrons. The molecule has 3 rings (SSSR count). The summed E-state index contributed by atoms with van der Waals surface area (Å²) in [6.45, 7) is 9.00. The van der Waals surface area contributed by atoms with Crippen LogP contribution in [0.2, 0.25) is 5.02 Å². The zero-order valence-electron chi connectivity index (χ0n) is 16.3. The second kappa shape index (κ2) is 7.44. The van der Waals surface area contributed by atoms with Crippen molar-refractivity contribution >= 4 is 34.0 Å². The van der Waals surface area contributed by atoms with E-state index in [0.717, 1.165) is 19.6 Å². The lowest BCUT2D eigenvalue weighted by atomic mass is 9.86. The van der Waals surface area contributed by atoms with Gasteiger partial charge in [0, 0.05) is 31.4 Å². The Morgan fingerprint density at radius 2 is 2.04 bits per heavy atom. The molecule has 1 aliphatic rings. The maximum Gasteiger partial charge on any atom is 0.166 e. The summed E-state index contributed by atoms with van der Waals surface area (Å²) in [7, 11) is 0. The lowest BCUT2D eigenvalue weighted by Crippen LogP contribution is -2.44. The SMILES string of the molecule is CC(C)(C)CN1CCC(F)(CCC(=O)c2cc(Cl)c(N)c3ccoc23)CC1. The van der Waals surface area contributed by atoms with Gasteiger partial charge in [-0.25, -0.2) is 4.39 Å². The van der Waals surface area contributed by atoms with E-state index in [1.807, 2.05) is 0 Å². The molecule has 6 heteroatoms. The molecular formula is C21H28ClFN2O2. The van der Waals surface area contributed by atoms with E-state index in [1.165, 1.54) is 12.3 Å². The average molecular weight is 395 g/mol. The molecule has 0 atom stereocenters. The number of anilines is 1. The van der Waals surface area contributed by atoms with Crippen molar-refractivity contribution in [3.63, 3.8) is 0 Å². The molecule has 2 N–H and O–H groups in total. The average Bonchev–Trinajstić information content (AvgIpc) is 3.07. The summed E-state index contributed by atoms with van der Waals surface area (Å²) in [6, 6.07) is 3.22. The van der Waals surface area contributed by atoms with E-state index in [2.05, 4.69) is 25.7 Å². The van der Waals surface area contributed by atoms with Crippen LogP contribution in [0.5, 0.6) is 0 Å². The molecule has 1 aromatic carbocycles. The Morgan fingerprint density at radius 1 is 1.37 bits per heavy atom. The van der Waals surface area contributed by atoms with Crippen molar-refractivity contribution in [2.75, 3.05) is 25.4 Å². The van der Waals surface area contributed by atoms with Crippen LogP contribution in [-0.2, 0) is 0 Å². The normalized spacial score (nSPS) is 18.1. The van der Waals surface area contributed by atoms with E-state index in [9.17, 15) is 4.79 Å². The lowest BCUT2D eigenvalue weighted by Gasteiger charge is -2.39. The van der Waals surface area contributed by atoms with Gasteiger partial charge in [-0.1, -0.05) is 32.4 Å². The van der Waals surface area contributed by atoms with Gasteiger partial charge in [0.25, 0.3) is 0 Å². The minimum absolute atomic E-state index is 0.131. The number of rotatable bonds is 5. The number of halogens is 2. The molecule has 0 saturated carbocycles. The van der Waals surface area contributed by atoms with Gasteiger partial charge in [0.15, 0.2) is 5.78 Å². The van der Waals surface area contributed by atoms with E-state index < -0.39 is 5.67 Å². The number of benzene rings is 1. The Morgan fingerprint density at radius 3 is 2.67 bits per heavy atom. The van der Waals surface area contributed by atoms with Crippen molar-refractivity contribution in [3.8, 4) is 0 Å². The van der Waals surface area contributed by atoms with Crippen molar-refractivity contribution in [2.24, 2.45) is 5.41 Å². The highest BCUT2D eigenvalue weighted by Crippen LogP contribution is 2.36. The molecule has 0 bridgehead atoms. The first-order valence-electron chi connectivity index (χ1n) is 9.48. The number of Topliss-reactive ketones (excluding diaryl/α,β-unsaturated/α-hetero) is 1. The smallest absolute Gasteiger partial charge is 0.166 e. The summed E-state index contributed by atoms with van der Waals surface area (Å²) in [5.41, 5.74) is 6.05. The highest BCUT2D eigenvalue weighted by molar-refractivity contribution is 6.35. The first-order valence-corrected chi connectivity index (χ1v) is 9.85. The number of hydrogen-bond acceptors (Lipinski definition) is 4. The van der Waals surface area contributed by atoms with Crippen molar-refractivity contribution in [2.45, 2.75) is 52.1 Å². The van der Waals surface area contributed by atoms with Gasteiger partial charge in [-0.3, -0.25) is 4.79 Å². The number of furan rings is 1. The van der Waals surface area contributed by atoms with E-state index >= 15 is 4.39 Å². The Bertz CT molecular complexity index is 833. The molecular weight excluding hydrogens is 367 g/mol. The minimum atomic E-state index is -1.29. The van der Waals surface area contributed by atoms with Gasteiger partial charge in [0.1, 0.15) is 11.3 Å². The van der Waals surface area contributed by atoms with Crippen LogP contribution in [0.1, 0.15) is 56.8 Å². The number of carbonyl (C=O) groups excluding carboxylic acids is 1. The number of nitrogen functional groups attached to an aromatic ring is 1. The topological polar surface area (TPSA) is 59.5 Å². The highest BCUT2D eigenvalue weighted by Gasteiger charge is 2.35. The summed E-state index contributed by atoms with van der Waals surface area (Å²) in [4.78, 5) is 15.0. The predicted octanol–water partition coefficient (Wildman–Crippen LogP) is 5.48. The first-order chi connectivity index (χ1) is 12.6. The van der Waals surface area contributed by atoms with Crippen LogP contribution in [0.3, 0.4) is 0 Å². The van der Waals surface area contributed by atoms with E-state index in [0.29, 0.717) is 40.1 Å². The molecule has 0 amide bonds. The molecule has 1 aliphatic heterocycles. The molecule has 0 aliphatic carbocycles. The van der Waals surface area contributed by atoms with Crippen LogP contribution in [-0.4, -0.2) is 36.0 Å². The van der Waals surface area contributed by atoms with Crippen LogP contribution in [0.15, 0.2) is 22.8 Å². The maximum atomic E-state index is 15.2. The number of likely N-dealkylation sites (tertiary alicyclic amines) is 1. The summed E-state index contributed by atoms with van der Waals surface area (Å²) < 4.78 is 20.6. The van der Waals surface area contributed by atoms with Gasteiger partial charge in [0.2, 0.25) is 0 Å². The zero-order chi connectivity index (χ0) is 19.8. The Balaban J connectivity index is 1.63. The van der Waals surface area contributed by atoms with Crippen LogP contribution >= 0.6 is 11.6 Å². The predicted molar refractivity (Wildman–Crippen MR) is 108 cm³/mol. The lowest BCUT2D eigenvalue weighted by molar-refractivity contribution is 0.0357. The number of hydrogen-bond donors (Lipinski definition) is 1. The quantitative estimate of drug-likeness (QED) is 0.538. The standard InChI is InChI=1S/C21H28ClFN2O2/c1-20(2,3)13-25-9-7-21(23,8-10-25)6-4-17(26)15-12-16(22)18(24)14-5-11-27-19(14)15/h5,11-12H,4,6-10,13,24H2,1-3H3. The van der Waals surface area contributed by atoms with E-state index in [4.69, 9.17) is 21.8 Å². The maximum absolute atomic E-state index is 15.2. The van der Waals surface area contributed by atoms with Gasteiger partial charge in [-0.05, 0) is 36.8 Å². The van der Waals surface area contributed by atoms with E-state index in [1.54, 1.807) is 6.07 Å². The van der Waals surface area contributed by atoms with Crippen LogP contribution in [0, 0.1) is 5.41 Å². The monoisotopic (exact) mass is 394 g/mol. The molecule has 0 spiro atoms. The van der Waals surface area contributed by atoms with Gasteiger partial charge in [0.05, 0.1) is 22.5 Å². The van der Waals surface area contributed by atoms with Crippen LogP contribution in [0.25, 0.3) is 11.0 Å². The van der Waals surface area contributed by atoms with Gasteiger partial charge in [-0.15, -0.1) is 0 Å². The molecule has 2 aromatic rings. The fourth-order valence-electron chi connectivity index (χ4n) is 3.84. The molecule has 148 valence electrons. The van der Waals surface area contributed by atoms with Gasteiger partial charge >= 0.3 is 0 Å². The van der Waals surface area contributed by atoms with Crippen molar-refractivity contribution in [1.29, 1.82) is 0 Å². The molecule has 2 heterocycles. The number of piperidine rings is 1. The number of nitrogens with zero attached hydrogens (tertiary/aromatic N) is 1. The third-order valence-corrected chi connectivity index (χ3v) is 5.59. The molecule has 1 fully saturated rings. The fourth-order valence-corrected chi connectivity index (χ4v) is 4.05. The number of fused-ring (bicyclic) bond motifs is 1. The summed E-state index contributed by atoms with van der Waals surface area (Å²) >= 11 is 6.14. The Labute approximate surface area is 164 Å². The molecule has 1 aromatic heterocycles. The largest absolute Gasteiger partial charge is 0.463 e. The van der Waals surface area contributed by atoms with Gasteiger partial charge in [-0.2, -0.15) is 0 Å². The molecule has 0 unspecified atom stereocenters. The number of nitrogens with two attached hydrogens (primary N) is 1. The number of carbonyl (C=O) groups is 1.